The van der Waals surface area contributed by atoms with Crippen LogP contribution in [0.15, 0.2) is 71.8 Å². The molecule has 2 aromatic carbocycles. The molecule has 0 bridgehead atoms. The number of benzene rings is 2. The molecule has 1 unspecified atom stereocenters. The van der Waals surface area contributed by atoms with Gasteiger partial charge in [0, 0.05) is 19.1 Å². The van der Waals surface area contributed by atoms with E-state index >= 15 is 0 Å². The van der Waals surface area contributed by atoms with Gasteiger partial charge >= 0.3 is 0 Å². The molecule has 0 N–H and O–H groups in total. The third-order valence-electron chi connectivity index (χ3n) is 5.25. The second-order valence-electron chi connectivity index (χ2n) is 6.88. The van der Waals surface area contributed by atoms with E-state index in [2.05, 4.69) is 35.2 Å². The van der Waals surface area contributed by atoms with Crippen LogP contribution in [0.1, 0.15) is 31.2 Å². The Hall–Kier alpha value is -2.06. The summed E-state index contributed by atoms with van der Waals surface area (Å²) in [6.07, 6.45) is 5.24. The van der Waals surface area contributed by atoms with Crippen molar-refractivity contribution >= 4 is 0 Å². The van der Waals surface area contributed by atoms with Crippen LogP contribution in [0, 0.1) is 0 Å². The number of hydrogen-bond donors (Lipinski definition) is 0. The Labute approximate surface area is 144 Å². The zero-order chi connectivity index (χ0) is 16.2. The Morgan fingerprint density at radius 2 is 1.67 bits per heavy atom. The van der Waals surface area contributed by atoms with Gasteiger partial charge in [0.2, 0.25) is 0 Å². The largest absolute Gasteiger partial charge is 0.489 e. The average Bonchev–Trinajstić information content (AvgIpc) is 3.00. The zero-order valence-electron chi connectivity index (χ0n) is 14.2. The van der Waals surface area contributed by atoms with Gasteiger partial charge in [-0.05, 0) is 48.1 Å². The monoisotopic (exact) mass is 319 g/mol. The molecule has 2 nitrogen and oxygen atoms in total. The molecule has 2 aliphatic rings. The maximum atomic E-state index is 6.05. The molecule has 0 radical (unpaired) electrons. The molecule has 0 aromatic heterocycles. The maximum Gasteiger partial charge on any atom is 0.119 e. The first-order valence-electron chi connectivity index (χ1n) is 9.07. The van der Waals surface area contributed by atoms with Crippen molar-refractivity contribution in [3.8, 4) is 5.75 Å². The van der Waals surface area contributed by atoms with Crippen LogP contribution in [-0.4, -0.2) is 24.1 Å². The van der Waals surface area contributed by atoms with Gasteiger partial charge in [-0.3, -0.25) is 4.90 Å². The molecule has 1 saturated carbocycles. The van der Waals surface area contributed by atoms with Crippen molar-refractivity contribution in [2.24, 2.45) is 0 Å². The van der Waals surface area contributed by atoms with E-state index < -0.39 is 0 Å². The van der Waals surface area contributed by atoms with Crippen molar-refractivity contribution in [3.05, 3.63) is 77.4 Å². The first kappa shape index (κ1) is 15.5. The van der Waals surface area contributed by atoms with Gasteiger partial charge in [-0.1, -0.05) is 55.0 Å². The molecule has 1 fully saturated rings. The van der Waals surface area contributed by atoms with Crippen LogP contribution in [0.2, 0.25) is 0 Å². The highest BCUT2D eigenvalue weighted by Gasteiger charge is 2.33. The van der Waals surface area contributed by atoms with Crippen LogP contribution in [0.4, 0.5) is 0 Å². The summed E-state index contributed by atoms with van der Waals surface area (Å²) in [6.45, 7) is 2.84. The number of hydrogen-bond acceptors (Lipinski definition) is 2. The van der Waals surface area contributed by atoms with E-state index in [1.807, 2.05) is 30.3 Å². The van der Waals surface area contributed by atoms with Gasteiger partial charge in [0.25, 0.3) is 0 Å². The standard InChI is InChI=1S/C22H25NO/c1-3-9-18(10-4-1)15-23-16-19(21-13-7-8-14-22(21)23)17-24-20-11-5-2-6-12-20/h1-6,9-12,22H,7-8,13-17H2. The Kier molecular flexibility index (Phi) is 4.66. The fourth-order valence-electron chi connectivity index (χ4n) is 4.08. The van der Waals surface area contributed by atoms with Crippen LogP contribution >= 0.6 is 0 Å². The molecule has 0 spiro atoms. The lowest BCUT2D eigenvalue weighted by Crippen LogP contribution is -2.33. The second kappa shape index (κ2) is 7.23. The second-order valence-corrected chi connectivity index (χ2v) is 6.88. The minimum atomic E-state index is 0.633. The molecular formula is C22H25NO. The predicted octanol–water partition coefficient (Wildman–Crippen LogP) is 4.82. The van der Waals surface area contributed by atoms with Crippen molar-refractivity contribution in [1.82, 2.24) is 4.90 Å². The fraction of sp³-hybridized carbons (Fsp3) is 0.364. The summed E-state index contributed by atoms with van der Waals surface area (Å²) in [4.78, 5) is 2.65. The van der Waals surface area contributed by atoms with Gasteiger partial charge in [-0.25, -0.2) is 0 Å². The van der Waals surface area contributed by atoms with Crippen molar-refractivity contribution in [2.45, 2.75) is 38.3 Å². The van der Waals surface area contributed by atoms with Gasteiger partial charge < -0.3 is 4.74 Å². The van der Waals surface area contributed by atoms with Gasteiger partial charge in [-0.15, -0.1) is 0 Å². The summed E-state index contributed by atoms with van der Waals surface area (Å²) in [6, 6.07) is 21.7. The summed E-state index contributed by atoms with van der Waals surface area (Å²) in [5.41, 5.74) is 4.58. The van der Waals surface area contributed by atoms with Crippen LogP contribution < -0.4 is 4.74 Å². The molecule has 1 aliphatic carbocycles. The van der Waals surface area contributed by atoms with E-state index in [-0.39, 0.29) is 0 Å². The van der Waals surface area contributed by atoms with Gasteiger partial charge in [0.1, 0.15) is 12.4 Å². The molecule has 124 valence electrons. The van der Waals surface area contributed by atoms with Crippen molar-refractivity contribution < 1.29 is 4.74 Å². The van der Waals surface area contributed by atoms with Crippen molar-refractivity contribution in [1.29, 1.82) is 0 Å². The van der Waals surface area contributed by atoms with E-state index in [0.717, 1.165) is 25.4 Å². The normalized spacial score (nSPS) is 20.9. The smallest absolute Gasteiger partial charge is 0.119 e. The molecule has 0 amide bonds. The van der Waals surface area contributed by atoms with Crippen molar-refractivity contribution in [3.63, 3.8) is 0 Å². The molecule has 24 heavy (non-hydrogen) atoms. The molecule has 1 atom stereocenters. The van der Waals surface area contributed by atoms with Crippen molar-refractivity contribution in [2.75, 3.05) is 13.2 Å². The number of para-hydroxylation sites is 1. The minimum absolute atomic E-state index is 0.633. The molecule has 1 heterocycles. The quantitative estimate of drug-likeness (QED) is 0.733. The number of rotatable bonds is 5. The van der Waals surface area contributed by atoms with E-state index in [0.29, 0.717) is 6.04 Å². The van der Waals surface area contributed by atoms with Gasteiger partial charge in [0.05, 0.1) is 0 Å². The number of ether oxygens (including phenoxy) is 1. The lowest BCUT2D eigenvalue weighted by molar-refractivity contribution is 0.224. The third-order valence-corrected chi connectivity index (χ3v) is 5.25. The zero-order valence-corrected chi connectivity index (χ0v) is 14.2. The summed E-state index contributed by atoms with van der Waals surface area (Å²) in [5, 5.41) is 0. The van der Waals surface area contributed by atoms with Crippen LogP contribution in [-0.2, 0) is 6.54 Å². The average molecular weight is 319 g/mol. The fourth-order valence-corrected chi connectivity index (χ4v) is 4.08. The topological polar surface area (TPSA) is 12.5 Å². The lowest BCUT2D eigenvalue weighted by atomic mass is 9.89. The Bertz CT molecular complexity index is 692. The molecule has 1 aliphatic heterocycles. The third kappa shape index (κ3) is 3.39. The Morgan fingerprint density at radius 3 is 2.46 bits per heavy atom. The number of nitrogens with zero attached hydrogens (tertiary/aromatic N) is 1. The predicted molar refractivity (Wildman–Crippen MR) is 98.1 cm³/mol. The van der Waals surface area contributed by atoms with E-state index in [1.54, 1.807) is 5.57 Å². The summed E-state index contributed by atoms with van der Waals surface area (Å²) < 4.78 is 6.05. The van der Waals surface area contributed by atoms with Gasteiger partial charge in [-0.2, -0.15) is 0 Å². The van der Waals surface area contributed by atoms with E-state index in [4.69, 9.17) is 4.74 Å². The lowest BCUT2D eigenvalue weighted by Gasteiger charge is -2.30. The SMILES string of the molecule is c1ccc(CN2CC(COc3ccccc3)=C3CCCCC32)cc1. The molecular weight excluding hydrogens is 294 g/mol. The summed E-state index contributed by atoms with van der Waals surface area (Å²) >= 11 is 0. The summed E-state index contributed by atoms with van der Waals surface area (Å²) in [7, 11) is 0. The van der Waals surface area contributed by atoms with Gasteiger partial charge in [0.15, 0.2) is 0 Å². The first-order valence-corrected chi connectivity index (χ1v) is 9.07. The number of fused-ring (bicyclic) bond motifs is 1. The maximum absolute atomic E-state index is 6.05. The Balaban J connectivity index is 1.46. The highest BCUT2D eigenvalue weighted by atomic mass is 16.5. The highest BCUT2D eigenvalue weighted by Crippen LogP contribution is 2.36. The van der Waals surface area contributed by atoms with E-state index in [1.165, 1.54) is 36.8 Å². The molecule has 0 saturated heterocycles. The Morgan fingerprint density at radius 1 is 0.917 bits per heavy atom. The van der Waals surface area contributed by atoms with E-state index in [9.17, 15) is 0 Å². The molecule has 2 heteroatoms. The molecule has 2 aromatic rings. The highest BCUT2D eigenvalue weighted by molar-refractivity contribution is 5.31. The minimum Gasteiger partial charge on any atom is -0.489 e. The van der Waals surface area contributed by atoms with Crippen LogP contribution in [0.3, 0.4) is 0 Å². The molecule has 4 rings (SSSR count). The first-order chi connectivity index (χ1) is 11.9. The van der Waals surface area contributed by atoms with Crippen LogP contribution in [0.5, 0.6) is 5.75 Å². The van der Waals surface area contributed by atoms with Crippen LogP contribution in [0.25, 0.3) is 0 Å². The summed E-state index contributed by atoms with van der Waals surface area (Å²) in [5.74, 6) is 0.972.